The molecule has 0 bridgehead atoms. The molecule has 1 aliphatic rings. The zero-order chi connectivity index (χ0) is 15.7. The van der Waals surface area contributed by atoms with Crippen LogP contribution in [0.15, 0.2) is 18.2 Å². The minimum absolute atomic E-state index is 0.148. The fourth-order valence-electron chi connectivity index (χ4n) is 2.76. The molecule has 1 aromatic carbocycles. The SMILES string of the molecule is Cc1cc(C2(CN)CCC2)ccc1NC(=O)OC(C)(C)C. The lowest BCUT2D eigenvalue weighted by molar-refractivity contribution is 0.0636. The van der Waals surface area contributed by atoms with Crippen molar-refractivity contribution >= 4 is 11.8 Å². The van der Waals surface area contributed by atoms with E-state index in [1.54, 1.807) is 0 Å². The maximum absolute atomic E-state index is 11.8. The molecule has 0 aromatic heterocycles. The zero-order valence-electron chi connectivity index (χ0n) is 13.5. The summed E-state index contributed by atoms with van der Waals surface area (Å²) in [5.41, 5.74) is 8.72. The van der Waals surface area contributed by atoms with Crippen molar-refractivity contribution in [2.45, 2.75) is 58.0 Å². The molecule has 0 atom stereocenters. The van der Waals surface area contributed by atoms with Crippen LogP contribution in [0.3, 0.4) is 0 Å². The smallest absolute Gasteiger partial charge is 0.412 e. The van der Waals surface area contributed by atoms with Crippen LogP contribution in [0.4, 0.5) is 10.5 Å². The van der Waals surface area contributed by atoms with Crippen LogP contribution in [0.5, 0.6) is 0 Å². The van der Waals surface area contributed by atoms with Gasteiger partial charge in [-0.15, -0.1) is 0 Å². The highest BCUT2D eigenvalue weighted by Crippen LogP contribution is 2.43. The van der Waals surface area contributed by atoms with Crippen LogP contribution in [0.25, 0.3) is 0 Å². The standard InChI is InChI=1S/C17H26N2O2/c1-12-10-13(17(11-18)8-5-9-17)6-7-14(12)19-15(20)21-16(2,3)4/h6-7,10H,5,8-9,11,18H2,1-4H3,(H,19,20). The lowest BCUT2D eigenvalue weighted by atomic mass is 9.64. The van der Waals surface area contributed by atoms with Crippen molar-refractivity contribution in [2.75, 3.05) is 11.9 Å². The first kappa shape index (κ1) is 15.8. The Kier molecular flexibility index (Phi) is 4.28. The number of hydrogen-bond acceptors (Lipinski definition) is 3. The van der Waals surface area contributed by atoms with E-state index in [1.807, 2.05) is 33.8 Å². The number of hydrogen-bond donors (Lipinski definition) is 2. The summed E-state index contributed by atoms with van der Waals surface area (Å²) in [7, 11) is 0. The van der Waals surface area contributed by atoms with Gasteiger partial charge in [0.15, 0.2) is 0 Å². The van der Waals surface area contributed by atoms with Crippen LogP contribution in [-0.4, -0.2) is 18.2 Å². The van der Waals surface area contributed by atoms with Crippen LogP contribution in [0.1, 0.15) is 51.2 Å². The zero-order valence-corrected chi connectivity index (χ0v) is 13.5. The Balaban J connectivity index is 2.11. The van der Waals surface area contributed by atoms with Gasteiger partial charge in [-0.2, -0.15) is 0 Å². The number of benzene rings is 1. The largest absolute Gasteiger partial charge is 0.444 e. The molecule has 1 saturated carbocycles. The molecule has 1 aliphatic carbocycles. The van der Waals surface area contributed by atoms with Gasteiger partial charge in [-0.3, -0.25) is 5.32 Å². The van der Waals surface area contributed by atoms with Gasteiger partial charge in [0, 0.05) is 17.6 Å². The summed E-state index contributed by atoms with van der Waals surface area (Å²) in [6.45, 7) is 8.24. The second kappa shape index (κ2) is 5.68. The van der Waals surface area contributed by atoms with Crippen molar-refractivity contribution in [3.05, 3.63) is 29.3 Å². The Morgan fingerprint density at radius 3 is 2.48 bits per heavy atom. The highest BCUT2D eigenvalue weighted by Gasteiger charge is 2.37. The summed E-state index contributed by atoms with van der Waals surface area (Å²) in [6, 6.07) is 6.16. The number of carbonyl (C=O) groups is 1. The van der Waals surface area contributed by atoms with Crippen molar-refractivity contribution in [1.82, 2.24) is 0 Å². The molecule has 0 aliphatic heterocycles. The molecule has 0 saturated heterocycles. The molecule has 4 nitrogen and oxygen atoms in total. The van der Waals surface area contributed by atoms with E-state index < -0.39 is 11.7 Å². The number of nitrogens with two attached hydrogens (primary N) is 1. The molecule has 2 rings (SSSR count). The number of aryl methyl sites for hydroxylation is 1. The van der Waals surface area contributed by atoms with Gasteiger partial charge in [0.1, 0.15) is 5.60 Å². The molecule has 3 N–H and O–H groups in total. The fraction of sp³-hybridized carbons (Fsp3) is 0.588. The summed E-state index contributed by atoms with van der Waals surface area (Å²) in [5.74, 6) is 0. The fourth-order valence-corrected chi connectivity index (χ4v) is 2.76. The maximum atomic E-state index is 11.8. The Bertz CT molecular complexity index is 523. The van der Waals surface area contributed by atoms with E-state index in [9.17, 15) is 4.79 Å². The first-order valence-corrected chi connectivity index (χ1v) is 7.57. The highest BCUT2D eigenvalue weighted by atomic mass is 16.6. The molecule has 0 spiro atoms. The van der Waals surface area contributed by atoms with Crippen molar-refractivity contribution in [3.63, 3.8) is 0 Å². The van der Waals surface area contributed by atoms with E-state index in [0.29, 0.717) is 6.54 Å². The first-order chi connectivity index (χ1) is 9.76. The Labute approximate surface area is 127 Å². The van der Waals surface area contributed by atoms with E-state index in [0.717, 1.165) is 24.1 Å². The van der Waals surface area contributed by atoms with Gasteiger partial charge in [-0.25, -0.2) is 4.79 Å². The second-order valence-electron chi connectivity index (χ2n) is 6.99. The molecule has 0 unspecified atom stereocenters. The van der Waals surface area contributed by atoms with Gasteiger partial charge >= 0.3 is 6.09 Å². The van der Waals surface area contributed by atoms with Gasteiger partial charge in [0.2, 0.25) is 0 Å². The van der Waals surface area contributed by atoms with Crippen LogP contribution in [-0.2, 0) is 10.2 Å². The van der Waals surface area contributed by atoms with Crippen LogP contribution in [0, 0.1) is 6.92 Å². The summed E-state index contributed by atoms with van der Waals surface area (Å²) in [6.07, 6.45) is 3.13. The summed E-state index contributed by atoms with van der Waals surface area (Å²) >= 11 is 0. The minimum Gasteiger partial charge on any atom is -0.444 e. The molecule has 21 heavy (non-hydrogen) atoms. The third-order valence-corrected chi connectivity index (χ3v) is 4.18. The molecule has 1 fully saturated rings. The summed E-state index contributed by atoms with van der Waals surface area (Å²) in [5, 5.41) is 2.81. The number of amides is 1. The third-order valence-electron chi connectivity index (χ3n) is 4.18. The minimum atomic E-state index is -0.493. The molecular formula is C17H26N2O2. The Hall–Kier alpha value is -1.55. The van der Waals surface area contributed by atoms with Gasteiger partial charge in [0.25, 0.3) is 0 Å². The number of anilines is 1. The van der Waals surface area contributed by atoms with E-state index in [1.165, 1.54) is 12.0 Å². The molecule has 4 heteroatoms. The highest BCUT2D eigenvalue weighted by molar-refractivity contribution is 5.86. The predicted octanol–water partition coefficient (Wildman–Crippen LogP) is 3.72. The van der Waals surface area contributed by atoms with Crippen molar-refractivity contribution in [2.24, 2.45) is 5.73 Å². The Morgan fingerprint density at radius 2 is 2.05 bits per heavy atom. The third kappa shape index (κ3) is 3.56. The van der Waals surface area contributed by atoms with Gasteiger partial charge in [-0.1, -0.05) is 18.6 Å². The normalized spacial score (nSPS) is 17.0. The summed E-state index contributed by atoms with van der Waals surface area (Å²) in [4.78, 5) is 11.8. The van der Waals surface area contributed by atoms with Crippen LogP contribution in [0.2, 0.25) is 0 Å². The lowest BCUT2D eigenvalue weighted by Gasteiger charge is -2.41. The maximum Gasteiger partial charge on any atom is 0.412 e. The lowest BCUT2D eigenvalue weighted by Crippen LogP contribution is -2.41. The number of rotatable bonds is 3. The number of nitrogens with one attached hydrogen (secondary N) is 1. The van der Waals surface area contributed by atoms with Crippen molar-refractivity contribution in [3.8, 4) is 0 Å². The van der Waals surface area contributed by atoms with Gasteiger partial charge in [-0.05, 0) is 57.7 Å². The molecule has 0 radical (unpaired) electrons. The van der Waals surface area contributed by atoms with Gasteiger partial charge < -0.3 is 10.5 Å². The monoisotopic (exact) mass is 290 g/mol. The van der Waals surface area contributed by atoms with E-state index in [2.05, 4.69) is 17.4 Å². The van der Waals surface area contributed by atoms with Crippen LogP contribution < -0.4 is 11.1 Å². The summed E-state index contributed by atoms with van der Waals surface area (Å²) < 4.78 is 5.28. The molecular weight excluding hydrogens is 264 g/mol. The van der Waals surface area contributed by atoms with Crippen molar-refractivity contribution in [1.29, 1.82) is 0 Å². The van der Waals surface area contributed by atoms with E-state index in [-0.39, 0.29) is 5.41 Å². The average molecular weight is 290 g/mol. The Morgan fingerprint density at radius 1 is 1.38 bits per heavy atom. The first-order valence-electron chi connectivity index (χ1n) is 7.57. The van der Waals surface area contributed by atoms with Crippen LogP contribution >= 0.6 is 0 Å². The van der Waals surface area contributed by atoms with E-state index in [4.69, 9.17) is 10.5 Å². The molecule has 1 aromatic rings. The van der Waals surface area contributed by atoms with E-state index >= 15 is 0 Å². The van der Waals surface area contributed by atoms with Crippen molar-refractivity contribution < 1.29 is 9.53 Å². The second-order valence-corrected chi connectivity index (χ2v) is 6.99. The average Bonchev–Trinajstić information content (AvgIpc) is 2.29. The predicted molar refractivity (Wildman–Crippen MR) is 85.6 cm³/mol. The molecule has 1 amide bonds. The quantitative estimate of drug-likeness (QED) is 0.891. The number of ether oxygens (including phenoxy) is 1. The topological polar surface area (TPSA) is 64.3 Å². The number of carbonyl (C=O) groups excluding carboxylic acids is 1. The molecule has 0 heterocycles. The molecule has 116 valence electrons. The van der Waals surface area contributed by atoms with Gasteiger partial charge in [0.05, 0.1) is 0 Å².